The second-order valence-corrected chi connectivity index (χ2v) is 5.84. The average molecular weight is 316 g/mol. The molecular formula is C16H20N4O3. The Morgan fingerprint density at radius 2 is 2.35 bits per heavy atom. The van der Waals surface area contributed by atoms with E-state index in [0.717, 1.165) is 11.4 Å². The standard InChI is InChI=1S/C16H20N4O3/c1-10-6-12(19-18-10)7-11-8-20(9-14(11)21)16(22)13-4-3-5-17-15(13)23-2/h3-6,11,14,21H,7-9H2,1-2H3,(H,18,19). The van der Waals surface area contributed by atoms with Gasteiger partial charge < -0.3 is 14.7 Å². The molecule has 23 heavy (non-hydrogen) atoms. The van der Waals surface area contributed by atoms with E-state index < -0.39 is 6.10 Å². The van der Waals surface area contributed by atoms with Crippen molar-refractivity contribution in [2.45, 2.75) is 19.4 Å². The molecule has 3 heterocycles. The highest BCUT2D eigenvalue weighted by Gasteiger charge is 2.35. The van der Waals surface area contributed by atoms with Crippen LogP contribution in [0.2, 0.25) is 0 Å². The number of amides is 1. The van der Waals surface area contributed by atoms with Gasteiger partial charge in [-0.1, -0.05) is 0 Å². The number of likely N-dealkylation sites (tertiary alicyclic amines) is 1. The van der Waals surface area contributed by atoms with Crippen LogP contribution in [0.1, 0.15) is 21.7 Å². The van der Waals surface area contributed by atoms with Gasteiger partial charge in [0.25, 0.3) is 5.91 Å². The first-order valence-corrected chi connectivity index (χ1v) is 7.55. The molecule has 1 aliphatic rings. The number of aromatic nitrogens is 3. The number of H-pyrrole nitrogens is 1. The number of carbonyl (C=O) groups is 1. The van der Waals surface area contributed by atoms with E-state index in [9.17, 15) is 9.90 Å². The number of methoxy groups -OCH3 is 1. The summed E-state index contributed by atoms with van der Waals surface area (Å²) in [6.07, 6.45) is 1.66. The number of rotatable bonds is 4. The van der Waals surface area contributed by atoms with Crippen molar-refractivity contribution in [2.24, 2.45) is 5.92 Å². The van der Waals surface area contributed by atoms with Gasteiger partial charge in [0.05, 0.1) is 18.9 Å². The van der Waals surface area contributed by atoms with Crippen molar-refractivity contribution in [2.75, 3.05) is 20.2 Å². The first kappa shape index (κ1) is 15.5. The molecule has 0 saturated carbocycles. The van der Waals surface area contributed by atoms with E-state index in [1.54, 1.807) is 23.2 Å². The third-order valence-electron chi connectivity index (χ3n) is 4.12. The zero-order valence-electron chi connectivity index (χ0n) is 13.2. The fraction of sp³-hybridized carbons (Fsp3) is 0.438. The van der Waals surface area contributed by atoms with Gasteiger partial charge in [-0.05, 0) is 31.5 Å². The molecule has 2 aromatic rings. The number of ether oxygens (including phenoxy) is 1. The van der Waals surface area contributed by atoms with Gasteiger partial charge in [0, 0.05) is 30.9 Å². The smallest absolute Gasteiger partial charge is 0.259 e. The van der Waals surface area contributed by atoms with Gasteiger partial charge in [0.15, 0.2) is 0 Å². The van der Waals surface area contributed by atoms with Gasteiger partial charge >= 0.3 is 0 Å². The summed E-state index contributed by atoms with van der Waals surface area (Å²) in [4.78, 5) is 18.3. The molecule has 1 aliphatic heterocycles. The van der Waals surface area contributed by atoms with Crippen LogP contribution in [0.4, 0.5) is 0 Å². The molecule has 2 atom stereocenters. The van der Waals surface area contributed by atoms with Crippen LogP contribution in [0.15, 0.2) is 24.4 Å². The Morgan fingerprint density at radius 3 is 3.04 bits per heavy atom. The van der Waals surface area contributed by atoms with Gasteiger partial charge in [-0.3, -0.25) is 9.89 Å². The molecule has 2 N–H and O–H groups in total. The Bertz CT molecular complexity index is 700. The Labute approximate surface area is 134 Å². The maximum Gasteiger partial charge on any atom is 0.259 e. The van der Waals surface area contributed by atoms with E-state index in [2.05, 4.69) is 15.2 Å². The lowest BCUT2D eigenvalue weighted by Crippen LogP contribution is -2.30. The largest absolute Gasteiger partial charge is 0.480 e. The highest BCUT2D eigenvalue weighted by molar-refractivity contribution is 5.96. The van der Waals surface area contributed by atoms with E-state index in [0.29, 0.717) is 31.0 Å². The molecule has 7 heteroatoms. The van der Waals surface area contributed by atoms with Crippen LogP contribution in [0.25, 0.3) is 0 Å². The molecule has 3 rings (SSSR count). The molecule has 2 aromatic heterocycles. The fourth-order valence-corrected chi connectivity index (χ4v) is 2.95. The Balaban J connectivity index is 1.71. The number of β-amino-alcohol motifs (C(OH)–C–C–N with tert-alkyl or cyclic N) is 1. The summed E-state index contributed by atoms with van der Waals surface area (Å²) < 4.78 is 5.14. The first-order chi connectivity index (χ1) is 11.1. The van der Waals surface area contributed by atoms with Gasteiger partial charge in [-0.15, -0.1) is 0 Å². The minimum Gasteiger partial charge on any atom is -0.480 e. The predicted molar refractivity (Wildman–Crippen MR) is 83.2 cm³/mol. The number of pyridine rings is 1. The quantitative estimate of drug-likeness (QED) is 0.870. The Morgan fingerprint density at radius 1 is 1.52 bits per heavy atom. The van der Waals surface area contributed by atoms with Crippen molar-refractivity contribution in [3.05, 3.63) is 41.3 Å². The third kappa shape index (κ3) is 3.19. The summed E-state index contributed by atoms with van der Waals surface area (Å²) in [7, 11) is 1.49. The molecule has 0 aliphatic carbocycles. The highest BCUT2D eigenvalue weighted by atomic mass is 16.5. The van der Waals surface area contributed by atoms with Crippen molar-refractivity contribution in [3.63, 3.8) is 0 Å². The normalized spacial score (nSPS) is 20.7. The van der Waals surface area contributed by atoms with E-state index in [1.807, 2.05) is 13.0 Å². The van der Waals surface area contributed by atoms with Crippen molar-refractivity contribution < 1.29 is 14.6 Å². The molecule has 1 amide bonds. The number of carbonyl (C=O) groups excluding carboxylic acids is 1. The van der Waals surface area contributed by atoms with Crippen molar-refractivity contribution in [3.8, 4) is 5.88 Å². The first-order valence-electron chi connectivity index (χ1n) is 7.55. The van der Waals surface area contributed by atoms with Crippen LogP contribution in [0.5, 0.6) is 5.88 Å². The number of aromatic amines is 1. The van der Waals surface area contributed by atoms with Gasteiger partial charge in [0.2, 0.25) is 5.88 Å². The molecule has 0 aromatic carbocycles. The van der Waals surface area contributed by atoms with E-state index in [4.69, 9.17) is 4.74 Å². The Hall–Kier alpha value is -2.41. The number of nitrogens with zero attached hydrogens (tertiary/aromatic N) is 3. The topological polar surface area (TPSA) is 91.3 Å². The molecule has 0 spiro atoms. The van der Waals surface area contributed by atoms with Crippen LogP contribution in [-0.2, 0) is 6.42 Å². The van der Waals surface area contributed by atoms with Crippen LogP contribution < -0.4 is 4.74 Å². The van der Waals surface area contributed by atoms with E-state index in [1.165, 1.54) is 7.11 Å². The molecule has 0 radical (unpaired) electrons. The second-order valence-electron chi connectivity index (χ2n) is 5.84. The van der Waals surface area contributed by atoms with Gasteiger partial charge in [-0.25, -0.2) is 4.98 Å². The summed E-state index contributed by atoms with van der Waals surface area (Å²) in [6, 6.07) is 5.35. The molecule has 0 bridgehead atoms. The second kappa shape index (κ2) is 6.37. The van der Waals surface area contributed by atoms with Gasteiger partial charge in [0.1, 0.15) is 5.56 Å². The average Bonchev–Trinajstić information content (AvgIpc) is 3.13. The Kier molecular flexibility index (Phi) is 4.29. The summed E-state index contributed by atoms with van der Waals surface area (Å²) in [5.74, 6) is 0.109. The molecular weight excluding hydrogens is 296 g/mol. The highest BCUT2D eigenvalue weighted by Crippen LogP contribution is 2.25. The van der Waals surface area contributed by atoms with E-state index >= 15 is 0 Å². The number of hydrogen-bond donors (Lipinski definition) is 2. The summed E-state index contributed by atoms with van der Waals surface area (Å²) in [6.45, 7) is 2.74. The zero-order valence-corrected chi connectivity index (χ0v) is 13.2. The lowest BCUT2D eigenvalue weighted by molar-refractivity contribution is 0.0760. The maximum atomic E-state index is 12.6. The van der Waals surface area contributed by atoms with Crippen LogP contribution in [-0.4, -0.2) is 57.4 Å². The summed E-state index contributed by atoms with van der Waals surface area (Å²) in [5, 5.41) is 17.4. The summed E-state index contributed by atoms with van der Waals surface area (Å²) >= 11 is 0. The molecule has 1 fully saturated rings. The number of hydrogen-bond acceptors (Lipinski definition) is 5. The molecule has 2 unspecified atom stereocenters. The lowest BCUT2D eigenvalue weighted by atomic mass is 10.0. The third-order valence-corrected chi connectivity index (χ3v) is 4.12. The van der Waals surface area contributed by atoms with Crippen molar-refractivity contribution in [1.29, 1.82) is 0 Å². The fourth-order valence-electron chi connectivity index (χ4n) is 2.95. The number of aryl methyl sites for hydroxylation is 1. The van der Waals surface area contributed by atoms with Crippen molar-refractivity contribution in [1.82, 2.24) is 20.1 Å². The monoisotopic (exact) mass is 316 g/mol. The molecule has 1 saturated heterocycles. The zero-order chi connectivity index (χ0) is 16.4. The van der Waals surface area contributed by atoms with Crippen molar-refractivity contribution >= 4 is 5.91 Å². The lowest BCUT2D eigenvalue weighted by Gasteiger charge is -2.17. The van der Waals surface area contributed by atoms with Crippen LogP contribution in [0.3, 0.4) is 0 Å². The minimum absolute atomic E-state index is 0.0238. The summed E-state index contributed by atoms with van der Waals surface area (Å²) in [5.41, 5.74) is 2.30. The SMILES string of the molecule is COc1ncccc1C(=O)N1CC(O)C(Cc2cc(C)[nH]n2)C1. The van der Waals surface area contributed by atoms with Crippen LogP contribution in [0, 0.1) is 12.8 Å². The maximum absolute atomic E-state index is 12.6. The van der Waals surface area contributed by atoms with Gasteiger partial charge in [-0.2, -0.15) is 5.10 Å². The number of nitrogens with one attached hydrogen (secondary N) is 1. The number of aliphatic hydroxyl groups is 1. The molecule has 122 valence electrons. The predicted octanol–water partition coefficient (Wildman–Crippen LogP) is 0.797. The number of aliphatic hydroxyl groups excluding tert-OH is 1. The van der Waals surface area contributed by atoms with E-state index in [-0.39, 0.29) is 11.8 Å². The van der Waals surface area contributed by atoms with Crippen LogP contribution >= 0.6 is 0 Å². The molecule has 7 nitrogen and oxygen atoms in total. The minimum atomic E-state index is -0.557.